The van der Waals surface area contributed by atoms with Gasteiger partial charge in [0, 0.05) is 43.2 Å². The highest BCUT2D eigenvalue weighted by atomic mass is 16.6. The van der Waals surface area contributed by atoms with Crippen LogP contribution in [0, 0.1) is 10.1 Å². The van der Waals surface area contributed by atoms with Crippen LogP contribution >= 0.6 is 0 Å². The van der Waals surface area contributed by atoms with E-state index in [2.05, 4.69) is 10.3 Å². The molecule has 1 amide bonds. The van der Waals surface area contributed by atoms with Crippen molar-refractivity contribution in [1.82, 2.24) is 9.55 Å². The highest BCUT2D eigenvalue weighted by molar-refractivity contribution is 5.93. The Balaban J connectivity index is 1.74. The number of imidazole rings is 1. The van der Waals surface area contributed by atoms with Gasteiger partial charge in [0.15, 0.2) is 0 Å². The number of benzene rings is 2. The SMILES string of the molecule is CCOCCOc1cc(NC(=O)Cn2cnc3cccc([N+](=O)[O-])c32)cc(OCCOCC)c1. The van der Waals surface area contributed by atoms with Crippen LogP contribution in [0.25, 0.3) is 11.0 Å². The fraction of sp³-hybridized carbons (Fsp3) is 0.391. The minimum atomic E-state index is -0.493. The van der Waals surface area contributed by atoms with Crippen molar-refractivity contribution in [3.63, 3.8) is 0 Å². The third-order valence-corrected chi connectivity index (χ3v) is 4.69. The lowest BCUT2D eigenvalue weighted by atomic mass is 10.2. The predicted molar refractivity (Wildman–Crippen MR) is 125 cm³/mol. The molecule has 182 valence electrons. The molecule has 11 heteroatoms. The highest BCUT2D eigenvalue weighted by Gasteiger charge is 2.18. The summed E-state index contributed by atoms with van der Waals surface area (Å²) in [6.45, 7) is 6.37. The molecule has 0 aliphatic carbocycles. The van der Waals surface area contributed by atoms with Crippen LogP contribution in [0.1, 0.15) is 13.8 Å². The number of para-hydroxylation sites is 1. The highest BCUT2D eigenvalue weighted by Crippen LogP contribution is 2.27. The molecule has 0 unspecified atom stereocenters. The van der Waals surface area contributed by atoms with Crippen molar-refractivity contribution in [3.05, 3.63) is 52.8 Å². The van der Waals surface area contributed by atoms with Gasteiger partial charge in [0.1, 0.15) is 36.8 Å². The van der Waals surface area contributed by atoms with Crippen LogP contribution in [0.2, 0.25) is 0 Å². The number of nitro groups is 1. The van der Waals surface area contributed by atoms with Gasteiger partial charge in [-0.2, -0.15) is 0 Å². The van der Waals surface area contributed by atoms with E-state index < -0.39 is 4.92 Å². The van der Waals surface area contributed by atoms with Crippen LogP contribution in [-0.4, -0.2) is 60.0 Å². The summed E-state index contributed by atoms with van der Waals surface area (Å²) < 4.78 is 23.5. The van der Waals surface area contributed by atoms with E-state index in [0.29, 0.717) is 62.3 Å². The molecule has 3 rings (SSSR count). The minimum absolute atomic E-state index is 0.113. The first kappa shape index (κ1) is 24.9. The molecule has 0 radical (unpaired) electrons. The number of anilines is 1. The molecule has 0 spiro atoms. The summed E-state index contributed by atoms with van der Waals surface area (Å²) in [5.41, 5.74) is 1.08. The summed E-state index contributed by atoms with van der Waals surface area (Å²) in [7, 11) is 0. The smallest absolute Gasteiger partial charge is 0.295 e. The zero-order valence-electron chi connectivity index (χ0n) is 19.2. The molecule has 0 atom stereocenters. The predicted octanol–water partition coefficient (Wildman–Crippen LogP) is 3.41. The Morgan fingerprint density at radius 2 is 1.68 bits per heavy atom. The molecule has 11 nitrogen and oxygen atoms in total. The van der Waals surface area contributed by atoms with E-state index in [1.54, 1.807) is 30.3 Å². The number of nitrogens with one attached hydrogen (secondary N) is 1. The lowest BCUT2D eigenvalue weighted by molar-refractivity contribution is -0.383. The molecule has 1 aromatic heterocycles. The third-order valence-electron chi connectivity index (χ3n) is 4.69. The molecule has 2 aromatic carbocycles. The number of nitrogens with zero attached hydrogens (tertiary/aromatic N) is 3. The van der Waals surface area contributed by atoms with E-state index in [4.69, 9.17) is 18.9 Å². The summed E-state index contributed by atoms with van der Waals surface area (Å²) >= 11 is 0. The number of aromatic nitrogens is 2. The van der Waals surface area contributed by atoms with Gasteiger partial charge in [-0.3, -0.25) is 14.9 Å². The van der Waals surface area contributed by atoms with Gasteiger partial charge in [0.05, 0.1) is 30.0 Å². The van der Waals surface area contributed by atoms with E-state index in [0.717, 1.165) is 0 Å². The molecular formula is C23H28N4O7. The second-order valence-electron chi connectivity index (χ2n) is 7.11. The average molecular weight is 472 g/mol. The van der Waals surface area contributed by atoms with Gasteiger partial charge >= 0.3 is 0 Å². The maximum atomic E-state index is 12.8. The monoisotopic (exact) mass is 472 g/mol. The first-order valence-corrected chi connectivity index (χ1v) is 11.0. The third kappa shape index (κ3) is 6.90. The first-order chi connectivity index (χ1) is 16.5. The van der Waals surface area contributed by atoms with E-state index in [1.165, 1.54) is 17.0 Å². The molecule has 34 heavy (non-hydrogen) atoms. The standard InChI is InChI=1S/C23H28N4O7/c1-3-31-8-10-33-18-12-17(13-19(14-18)34-11-9-32-4-2)25-22(28)15-26-16-24-20-6-5-7-21(23(20)26)27(29)30/h5-7,12-14,16H,3-4,8-11,15H2,1-2H3,(H,25,28). The van der Waals surface area contributed by atoms with E-state index >= 15 is 0 Å². The Labute approximate surface area is 196 Å². The van der Waals surface area contributed by atoms with Crippen molar-refractivity contribution >= 4 is 28.3 Å². The molecule has 0 aliphatic rings. The molecule has 0 saturated heterocycles. The Morgan fingerprint density at radius 1 is 1.03 bits per heavy atom. The fourth-order valence-electron chi connectivity index (χ4n) is 3.27. The summed E-state index contributed by atoms with van der Waals surface area (Å²) in [5.74, 6) is 0.629. The molecule has 3 aromatic rings. The van der Waals surface area contributed by atoms with Gasteiger partial charge in [-0.05, 0) is 19.9 Å². The Kier molecular flexibility index (Phi) is 9.18. The van der Waals surface area contributed by atoms with E-state index in [-0.39, 0.29) is 23.7 Å². The Morgan fingerprint density at radius 3 is 2.26 bits per heavy atom. The van der Waals surface area contributed by atoms with Gasteiger partial charge in [-0.15, -0.1) is 0 Å². The molecule has 1 heterocycles. The van der Waals surface area contributed by atoms with Crippen molar-refractivity contribution in [2.45, 2.75) is 20.4 Å². The van der Waals surface area contributed by atoms with Crippen LogP contribution in [0.5, 0.6) is 11.5 Å². The molecule has 0 fully saturated rings. The summed E-state index contributed by atoms with van der Waals surface area (Å²) in [5, 5.41) is 14.2. The topological polar surface area (TPSA) is 127 Å². The summed E-state index contributed by atoms with van der Waals surface area (Å²) in [6, 6.07) is 9.67. The normalized spacial score (nSPS) is 10.9. The maximum absolute atomic E-state index is 12.8. The molecule has 0 aliphatic heterocycles. The van der Waals surface area contributed by atoms with Crippen LogP contribution in [0.3, 0.4) is 0 Å². The van der Waals surface area contributed by atoms with Crippen molar-refractivity contribution in [3.8, 4) is 11.5 Å². The number of amides is 1. The number of nitro benzene ring substituents is 1. The molecular weight excluding hydrogens is 444 g/mol. The summed E-state index contributed by atoms with van der Waals surface area (Å²) in [6.07, 6.45) is 1.41. The van der Waals surface area contributed by atoms with Crippen LogP contribution < -0.4 is 14.8 Å². The number of hydrogen-bond acceptors (Lipinski definition) is 8. The average Bonchev–Trinajstić information content (AvgIpc) is 3.22. The zero-order chi connectivity index (χ0) is 24.3. The van der Waals surface area contributed by atoms with Crippen molar-refractivity contribution in [1.29, 1.82) is 0 Å². The molecule has 1 N–H and O–H groups in total. The van der Waals surface area contributed by atoms with Crippen LogP contribution in [0.15, 0.2) is 42.7 Å². The number of fused-ring (bicyclic) bond motifs is 1. The number of carbonyl (C=O) groups excluding carboxylic acids is 1. The number of hydrogen-bond donors (Lipinski definition) is 1. The van der Waals surface area contributed by atoms with Crippen molar-refractivity contribution in [2.75, 3.05) is 45.0 Å². The van der Waals surface area contributed by atoms with E-state index in [9.17, 15) is 14.9 Å². The summed E-state index contributed by atoms with van der Waals surface area (Å²) in [4.78, 5) is 27.8. The van der Waals surface area contributed by atoms with Gasteiger partial charge in [-0.1, -0.05) is 6.07 Å². The Bertz CT molecular complexity index is 1090. The quantitative estimate of drug-likeness (QED) is 0.215. The minimum Gasteiger partial charge on any atom is -0.491 e. The lowest BCUT2D eigenvalue weighted by Crippen LogP contribution is -2.18. The molecule has 0 bridgehead atoms. The van der Waals surface area contributed by atoms with Crippen LogP contribution in [0.4, 0.5) is 11.4 Å². The van der Waals surface area contributed by atoms with Crippen molar-refractivity contribution in [2.24, 2.45) is 0 Å². The van der Waals surface area contributed by atoms with Gasteiger partial charge in [-0.25, -0.2) is 4.98 Å². The molecule has 0 saturated carbocycles. The second-order valence-corrected chi connectivity index (χ2v) is 7.11. The van der Waals surface area contributed by atoms with Gasteiger partial charge < -0.3 is 28.8 Å². The van der Waals surface area contributed by atoms with Crippen LogP contribution in [-0.2, 0) is 20.8 Å². The Hall–Kier alpha value is -3.70. The second kappa shape index (κ2) is 12.5. The maximum Gasteiger partial charge on any atom is 0.295 e. The van der Waals surface area contributed by atoms with E-state index in [1.807, 2.05) is 13.8 Å². The first-order valence-electron chi connectivity index (χ1n) is 11.0. The number of carbonyl (C=O) groups is 1. The number of rotatable bonds is 14. The largest absolute Gasteiger partial charge is 0.491 e. The van der Waals surface area contributed by atoms with Crippen molar-refractivity contribution < 1.29 is 28.7 Å². The number of non-ortho nitro benzene ring substituents is 1. The van der Waals surface area contributed by atoms with Gasteiger partial charge in [0.25, 0.3) is 5.69 Å². The fourth-order valence-corrected chi connectivity index (χ4v) is 3.27. The number of ether oxygens (including phenoxy) is 4. The zero-order valence-corrected chi connectivity index (χ0v) is 19.2. The van der Waals surface area contributed by atoms with Gasteiger partial charge in [0.2, 0.25) is 5.91 Å². The lowest BCUT2D eigenvalue weighted by Gasteiger charge is -2.13.